The maximum Gasteiger partial charge on any atom is 0.248 e. The van der Waals surface area contributed by atoms with Gasteiger partial charge in [-0.2, -0.15) is 4.99 Å². The molecule has 4 nitrogen and oxygen atoms in total. The summed E-state index contributed by atoms with van der Waals surface area (Å²) in [5.41, 5.74) is 0. The van der Waals surface area contributed by atoms with Gasteiger partial charge in [0, 0.05) is 12.8 Å². The lowest BCUT2D eigenvalue weighted by Gasteiger charge is -2.04. The van der Waals surface area contributed by atoms with Crippen molar-refractivity contribution in [2.75, 3.05) is 6.26 Å². The summed E-state index contributed by atoms with van der Waals surface area (Å²) in [5, 5.41) is 3.01. The van der Waals surface area contributed by atoms with Crippen LogP contribution in [0.3, 0.4) is 0 Å². The van der Waals surface area contributed by atoms with E-state index in [1.165, 1.54) is 11.8 Å². The van der Waals surface area contributed by atoms with E-state index in [0.717, 1.165) is 12.8 Å². The van der Waals surface area contributed by atoms with Crippen molar-refractivity contribution in [2.45, 2.75) is 39.5 Å². The number of rotatable bonds is 4. The molecule has 5 heteroatoms. The summed E-state index contributed by atoms with van der Waals surface area (Å²) in [6, 6.07) is 0. The molecule has 0 aliphatic carbocycles. The highest BCUT2D eigenvalue weighted by molar-refractivity contribution is 8.13. The first-order valence-corrected chi connectivity index (χ1v) is 6.31. The lowest BCUT2D eigenvalue weighted by Crippen LogP contribution is -2.28. The van der Waals surface area contributed by atoms with Crippen LogP contribution in [0.2, 0.25) is 0 Å². The Hall–Kier alpha value is -0.840. The number of aliphatic imine (C=N–C) groups is 1. The normalized spacial score (nSPS) is 11.3. The molecule has 0 saturated heterocycles. The van der Waals surface area contributed by atoms with Crippen LogP contribution >= 0.6 is 11.8 Å². The Labute approximate surface area is 94.9 Å². The highest BCUT2D eigenvalue weighted by atomic mass is 32.2. The smallest absolute Gasteiger partial charge is 0.248 e. The van der Waals surface area contributed by atoms with Gasteiger partial charge in [0.1, 0.15) is 0 Å². The first kappa shape index (κ1) is 14.2. The Morgan fingerprint density at radius 1 is 1.20 bits per heavy atom. The number of carbonyl (C=O) groups is 2. The van der Waals surface area contributed by atoms with Crippen LogP contribution in [0.4, 0.5) is 0 Å². The summed E-state index contributed by atoms with van der Waals surface area (Å²) in [6.07, 6.45) is 4.23. The van der Waals surface area contributed by atoms with Crippen molar-refractivity contribution < 1.29 is 9.59 Å². The highest BCUT2D eigenvalue weighted by Gasteiger charge is 2.06. The number of nitrogens with zero attached hydrogens (tertiary/aromatic N) is 1. The van der Waals surface area contributed by atoms with E-state index in [4.69, 9.17) is 0 Å². The van der Waals surface area contributed by atoms with Crippen LogP contribution in [0.15, 0.2) is 4.99 Å². The summed E-state index contributed by atoms with van der Waals surface area (Å²) in [6.45, 7) is 3.85. The van der Waals surface area contributed by atoms with E-state index in [1.807, 2.05) is 13.8 Å². The average Bonchev–Trinajstić information content (AvgIpc) is 2.17. The number of thioether (sulfide) groups is 1. The van der Waals surface area contributed by atoms with Crippen LogP contribution < -0.4 is 5.32 Å². The second-order valence-electron chi connectivity index (χ2n) is 3.06. The number of amides is 2. The van der Waals surface area contributed by atoms with Crippen LogP contribution in [0, 0.1) is 0 Å². The fourth-order valence-corrected chi connectivity index (χ4v) is 1.33. The van der Waals surface area contributed by atoms with Gasteiger partial charge in [0.25, 0.3) is 0 Å². The minimum Gasteiger partial charge on any atom is -0.305 e. The van der Waals surface area contributed by atoms with E-state index >= 15 is 0 Å². The van der Waals surface area contributed by atoms with Crippen LogP contribution in [0.5, 0.6) is 0 Å². The topological polar surface area (TPSA) is 58.5 Å². The maximum atomic E-state index is 11.2. The molecule has 2 amide bonds. The van der Waals surface area contributed by atoms with Gasteiger partial charge in [0.15, 0.2) is 5.17 Å². The molecule has 0 atom stereocenters. The van der Waals surface area contributed by atoms with Gasteiger partial charge in [0.05, 0.1) is 0 Å². The van der Waals surface area contributed by atoms with Crippen molar-refractivity contribution in [3.05, 3.63) is 0 Å². The third-order valence-electron chi connectivity index (χ3n) is 1.61. The van der Waals surface area contributed by atoms with Gasteiger partial charge in [-0.25, -0.2) is 0 Å². The molecule has 0 unspecified atom stereocenters. The summed E-state index contributed by atoms with van der Waals surface area (Å²) in [7, 11) is 0. The fraction of sp³-hybridized carbons (Fsp3) is 0.700. The Morgan fingerprint density at radius 2 is 1.80 bits per heavy atom. The monoisotopic (exact) mass is 230 g/mol. The van der Waals surface area contributed by atoms with E-state index < -0.39 is 0 Å². The molecule has 0 spiro atoms. The number of hydrogen-bond donors (Lipinski definition) is 1. The molecular weight excluding hydrogens is 212 g/mol. The van der Waals surface area contributed by atoms with E-state index in [1.54, 1.807) is 6.26 Å². The highest BCUT2D eigenvalue weighted by Crippen LogP contribution is 1.99. The van der Waals surface area contributed by atoms with Crippen molar-refractivity contribution >= 4 is 28.7 Å². The predicted octanol–water partition coefficient (Wildman–Crippen LogP) is 1.95. The summed E-state index contributed by atoms with van der Waals surface area (Å²) >= 11 is 1.28. The second-order valence-corrected chi connectivity index (χ2v) is 3.86. The molecule has 0 saturated carbocycles. The van der Waals surface area contributed by atoms with E-state index in [9.17, 15) is 9.59 Å². The summed E-state index contributed by atoms with van der Waals surface area (Å²) < 4.78 is 0. The van der Waals surface area contributed by atoms with Gasteiger partial charge in [-0.05, 0) is 19.1 Å². The molecule has 0 heterocycles. The van der Waals surface area contributed by atoms with E-state index in [-0.39, 0.29) is 11.8 Å². The molecule has 0 aromatic carbocycles. The zero-order valence-corrected chi connectivity index (χ0v) is 10.3. The van der Waals surface area contributed by atoms with Crippen molar-refractivity contribution in [1.29, 1.82) is 0 Å². The van der Waals surface area contributed by atoms with Crippen LogP contribution in [-0.2, 0) is 9.59 Å². The molecule has 0 aromatic heterocycles. The third kappa shape index (κ3) is 7.13. The van der Waals surface area contributed by atoms with Gasteiger partial charge in [-0.1, -0.05) is 25.6 Å². The third-order valence-corrected chi connectivity index (χ3v) is 2.19. The molecule has 0 aliphatic heterocycles. The van der Waals surface area contributed by atoms with Crippen LogP contribution in [0.1, 0.15) is 39.5 Å². The summed E-state index contributed by atoms with van der Waals surface area (Å²) in [4.78, 5) is 26.3. The molecule has 0 aromatic rings. The van der Waals surface area contributed by atoms with E-state index in [2.05, 4.69) is 10.3 Å². The second kappa shape index (κ2) is 8.47. The SMILES string of the molecule is CCCC(=O)N=C(NC(=O)CCC)SC. The van der Waals surface area contributed by atoms with Crippen molar-refractivity contribution in [1.82, 2.24) is 5.32 Å². The minimum atomic E-state index is -0.182. The standard InChI is InChI=1S/C10H18N2O2S/c1-4-6-8(13)11-10(15-3)12-9(14)7-5-2/h4-7H2,1-3H3,(H,11,12,13,14). The largest absolute Gasteiger partial charge is 0.305 e. The predicted molar refractivity (Wildman–Crippen MR) is 63.9 cm³/mol. The van der Waals surface area contributed by atoms with Gasteiger partial charge >= 0.3 is 0 Å². The van der Waals surface area contributed by atoms with E-state index in [0.29, 0.717) is 18.0 Å². The van der Waals surface area contributed by atoms with Crippen molar-refractivity contribution in [3.8, 4) is 0 Å². The first-order valence-electron chi connectivity index (χ1n) is 5.09. The van der Waals surface area contributed by atoms with Crippen LogP contribution in [0.25, 0.3) is 0 Å². The van der Waals surface area contributed by atoms with Crippen LogP contribution in [-0.4, -0.2) is 23.2 Å². The molecular formula is C10H18N2O2S. The molecule has 0 rings (SSSR count). The Morgan fingerprint density at radius 3 is 2.27 bits per heavy atom. The zero-order valence-electron chi connectivity index (χ0n) is 9.50. The minimum absolute atomic E-state index is 0.0881. The molecule has 0 aliphatic rings. The number of hydrogen-bond acceptors (Lipinski definition) is 3. The zero-order chi connectivity index (χ0) is 11.7. The molecule has 1 N–H and O–H groups in total. The van der Waals surface area contributed by atoms with Gasteiger partial charge in [0.2, 0.25) is 11.8 Å². The quantitative estimate of drug-likeness (QED) is 0.593. The maximum absolute atomic E-state index is 11.2. The van der Waals surface area contributed by atoms with Gasteiger partial charge < -0.3 is 5.32 Å². The summed E-state index contributed by atoms with van der Waals surface area (Å²) in [5.74, 6) is -0.270. The first-order chi connectivity index (χ1) is 7.13. The lowest BCUT2D eigenvalue weighted by molar-refractivity contribution is -0.119. The van der Waals surface area contributed by atoms with Crippen molar-refractivity contribution in [2.24, 2.45) is 4.99 Å². The molecule has 15 heavy (non-hydrogen) atoms. The fourth-order valence-electron chi connectivity index (χ4n) is 0.916. The molecule has 0 fully saturated rings. The lowest BCUT2D eigenvalue weighted by atomic mass is 10.3. The Kier molecular flexibility index (Phi) is 7.99. The molecule has 0 radical (unpaired) electrons. The number of carbonyl (C=O) groups excluding carboxylic acids is 2. The average molecular weight is 230 g/mol. The number of nitrogens with one attached hydrogen (secondary N) is 1. The molecule has 86 valence electrons. The van der Waals surface area contributed by atoms with Gasteiger partial charge in [-0.3, -0.25) is 9.59 Å². The van der Waals surface area contributed by atoms with Crippen molar-refractivity contribution in [3.63, 3.8) is 0 Å². The Balaban J connectivity index is 4.22. The molecule has 0 bridgehead atoms. The van der Waals surface area contributed by atoms with Gasteiger partial charge in [-0.15, -0.1) is 0 Å². The number of amidine groups is 1. The Bertz CT molecular complexity index is 252.